The van der Waals surface area contributed by atoms with Crippen molar-refractivity contribution in [2.45, 2.75) is 38.1 Å². The normalized spacial score (nSPS) is 18.3. The summed E-state index contributed by atoms with van der Waals surface area (Å²) in [6.45, 7) is 0.687. The smallest absolute Gasteiger partial charge is 0.322 e. The van der Waals surface area contributed by atoms with Gasteiger partial charge in [-0.2, -0.15) is 0 Å². The van der Waals surface area contributed by atoms with Gasteiger partial charge in [-0.25, -0.2) is 4.79 Å². The lowest BCUT2D eigenvalue weighted by Crippen LogP contribution is -2.46. The number of likely N-dealkylation sites (tertiary alicyclic amines) is 1. The maximum Gasteiger partial charge on any atom is 0.322 e. The average molecular weight is 355 g/mol. The summed E-state index contributed by atoms with van der Waals surface area (Å²) in [4.78, 5) is 24.9. The molecule has 0 aliphatic carbocycles. The van der Waals surface area contributed by atoms with E-state index in [1.807, 2.05) is 24.3 Å². The number of nitrogens with zero attached hydrogens (tertiary/aromatic N) is 1. The van der Waals surface area contributed by atoms with E-state index in [-0.39, 0.29) is 18.5 Å². The van der Waals surface area contributed by atoms with Crippen molar-refractivity contribution in [1.29, 1.82) is 0 Å². The highest BCUT2D eigenvalue weighted by atomic mass is 79.9. The van der Waals surface area contributed by atoms with E-state index in [4.69, 9.17) is 5.11 Å². The van der Waals surface area contributed by atoms with Crippen molar-refractivity contribution in [2.24, 2.45) is 0 Å². The van der Waals surface area contributed by atoms with Crippen LogP contribution >= 0.6 is 15.9 Å². The molecule has 6 heteroatoms. The first-order valence-electron chi connectivity index (χ1n) is 7.11. The van der Waals surface area contributed by atoms with Crippen LogP contribution in [-0.2, 0) is 4.79 Å². The van der Waals surface area contributed by atoms with E-state index >= 15 is 0 Å². The highest BCUT2D eigenvalue weighted by Gasteiger charge is 2.27. The van der Waals surface area contributed by atoms with Crippen LogP contribution in [0.15, 0.2) is 28.7 Å². The van der Waals surface area contributed by atoms with Gasteiger partial charge in [0.15, 0.2) is 0 Å². The number of hydrogen-bond donors (Lipinski definition) is 2. The Morgan fingerprint density at radius 1 is 1.29 bits per heavy atom. The van der Waals surface area contributed by atoms with Crippen molar-refractivity contribution in [3.63, 3.8) is 0 Å². The zero-order valence-corrected chi connectivity index (χ0v) is 13.3. The number of aliphatic carboxylic acids is 1. The van der Waals surface area contributed by atoms with Gasteiger partial charge < -0.3 is 15.3 Å². The van der Waals surface area contributed by atoms with Gasteiger partial charge in [0.25, 0.3) is 0 Å². The van der Waals surface area contributed by atoms with Crippen LogP contribution in [0.4, 0.5) is 10.5 Å². The fraction of sp³-hybridized carbons (Fsp3) is 0.467. The molecule has 0 saturated carbocycles. The summed E-state index contributed by atoms with van der Waals surface area (Å²) in [5.74, 6) is -0.811. The largest absolute Gasteiger partial charge is 0.481 e. The Morgan fingerprint density at radius 2 is 2.00 bits per heavy atom. The minimum Gasteiger partial charge on any atom is -0.481 e. The summed E-state index contributed by atoms with van der Waals surface area (Å²) in [6.07, 6.45) is 3.51. The van der Waals surface area contributed by atoms with Crippen molar-refractivity contribution < 1.29 is 14.7 Å². The molecule has 0 bridgehead atoms. The van der Waals surface area contributed by atoms with Crippen LogP contribution in [0, 0.1) is 0 Å². The van der Waals surface area contributed by atoms with Gasteiger partial charge in [-0.15, -0.1) is 0 Å². The highest BCUT2D eigenvalue weighted by molar-refractivity contribution is 9.10. The third-order valence-corrected chi connectivity index (χ3v) is 4.20. The molecular weight excluding hydrogens is 336 g/mol. The topological polar surface area (TPSA) is 69.6 Å². The summed E-state index contributed by atoms with van der Waals surface area (Å²) in [5.41, 5.74) is 0.741. The fourth-order valence-electron chi connectivity index (χ4n) is 2.59. The first-order valence-corrected chi connectivity index (χ1v) is 7.90. The summed E-state index contributed by atoms with van der Waals surface area (Å²) in [5, 5.41) is 11.7. The Labute approximate surface area is 132 Å². The van der Waals surface area contributed by atoms with Crippen molar-refractivity contribution in [3.05, 3.63) is 28.7 Å². The van der Waals surface area contributed by atoms with Gasteiger partial charge in [0, 0.05) is 29.2 Å². The molecule has 2 rings (SSSR count). The summed E-state index contributed by atoms with van der Waals surface area (Å²) in [7, 11) is 0. The number of amides is 2. The number of carbonyl (C=O) groups excluding carboxylic acids is 1. The maximum atomic E-state index is 12.4. The minimum absolute atomic E-state index is 0.0188. The second-order valence-corrected chi connectivity index (χ2v) is 6.13. The van der Waals surface area contributed by atoms with Crippen molar-refractivity contribution >= 4 is 33.6 Å². The Balaban J connectivity index is 1.97. The molecule has 5 nitrogen and oxygen atoms in total. The third kappa shape index (κ3) is 4.74. The fourth-order valence-corrected chi connectivity index (χ4v) is 2.85. The van der Waals surface area contributed by atoms with Gasteiger partial charge in [-0.05, 0) is 49.9 Å². The Morgan fingerprint density at radius 3 is 2.67 bits per heavy atom. The van der Waals surface area contributed by atoms with Gasteiger partial charge in [-0.1, -0.05) is 15.9 Å². The average Bonchev–Trinajstić information content (AvgIpc) is 2.47. The Kier molecular flexibility index (Phi) is 5.61. The van der Waals surface area contributed by atoms with Crippen LogP contribution < -0.4 is 5.32 Å². The molecule has 0 aromatic heterocycles. The number of rotatable bonds is 4. The quantitative estimate of drug-likeness (QED) is 0.865. The van der Waals surface area contributed by atoms with E-state index in [0.29, 0.717) is 13.0 Å². The predicted molar refractivity (Wildman–Crippen MR) is 84.4 cm³/mol. The molecule has 1 aliphatic heterocycles. The minimum atomic E-state index is -0.811. The van der Waals surface area contributed by atoms with Crippen molar-refractivity contribution in [2.75, 3.05) is 11.9 Å². The molecule has 1 fully saturated rings. The van der Waals surface area contributed by atoms with E-state index in [9.17, 15) is 9.59 Å². The zero-order valence-electron chi connectivity index (χ0n) is 11.7. The van der Waals surface area contributed by atoms with Gasteiger partial charge in [0.05, 0.1) is 0 Å². The van der Waals surface area contributed by atoms with Crippen LogP contribution in [-0.4, -0.2) is 34.6 Å². The summed E-state index contributed by atoms with van der Waals surface area (Å²) < 4.78 is 0.956. The molecule has 2 N–H and O–H groups in total. The number of nitrogens with one attached hydrogen (secondary N) is 1. The zero-order chi connectivity index (χ0) is 15.2. The van der Waals surface area contributed by atoms with E-state index in [1.54, 1.807) is 4.90 Å². The van der Waals surface area contributed by atoms with E-state index in [1.165, 1.54) is 0 Å². The molecular formula is C15H19BrN2O3. The number of halogens is 1. The van der Waals surface area contributed by atoms with Crippen LogP contribution in [0.3, 0.4) is 0 Å². The molecule has 1 saturated heterocycles. The standard InChI is InChI=1S/C15H19BrN2O3/c16-11-4-6-12(7-5-11)17-15(21)18-10-2-1-3-13(18)8-9-14(19)20/h4-7,13H,1-3,8-10H2,(H,17,21)(H,19,20). The number of carboxylic acid groups (broad SMARTS) is 1. The molecule has 114 valence electrons. The second-order valence-electron chi connectivity index (χ2n) is 5.21. The van der Waals surface area contributed by atoms with Crippen LogP contribution in [0.2, 0.25) is 0 Å². The molecule has 1 aromatic rings. The molecule has 1 aliphatic rings. The number of benzene rings is 1. The van der Waals surface area contributed by atoms with E-state index in [2.05, 4.69) is 21.2 Å². The monoisotopic (exact) mass is 354 g/mol. The lowest BCUT2D eigenvalue weighted by Gasteiger charge is -2.35. The number of hydrogen-bond acceptors (Lipinski definition) is 2. The van der Waals surface area contributed by atoms with Gasteiger partial charge in [-0.3, -0.25) is 4.79 Å². The molecule has 0 radical (unpaired) electrons. The van der Waals surface area contributed by atoms with Gasteiger partial charge in [0.2, 0.25) is 0 Å². The maximum absolute atomic E-state index is 12.4. The molecule has 1 atom stereocenters. The van der Waals surface area contributed by atoms with Crippen molar-refractivity contribution in [3.8, 4) is 0 Å². The highest BCUT2D eigenvalue weighted by Crippen LogP contribution is 2.22. The lowest BCUT2D eigenvalue weighted by atomic mass is 9.98. The van der Waals surface area contributed by atoms with E-state index in [0.717, 1.165) is 29.4 Å². The second kappa shape index (κ2) is 7.45. The molecule has 1 heterocycles. The number of carboxylic acids is 1. The first-order chi connectivity index (χ1) is 10.1. The third-order valence-electron chi connectivity index (χ3n) is 3.67. The number of carbonyl (C=O) groups is 2. The number of piperidine rings is 1. The molecule has 1 unspecified atom stereocenters. The molecule has 1 aromatic carbocycles. The predicted octanol–water partition coefficient (Wildman–Crippen LogP) is 3.70. The molecule has 0 spiro atoms. The number of urea groups is 1. The van der Waals surface area contributed by atoms with E-state index < -0.39 is 5.97 Å². The molecule has 21 heavy (non-hydrogen) atoms. The Bertz CT molecular complexity index is 504. The summed E-state index contributed by atoms with van der Waals surface area (Å²) in [6, 6.07) is 7.27. The van der Waals surface area contributed by atoms with Crippen LogP contribution in [0.5, 0.6) is 0 Å². The van der Waals surface area contributed by atoms with Crippen LogP contribution in [0.1, 0.15) is 32.1 Å². The van der Waals surface area contributed by atoms with Crippen molar-refractivity contribution in [1.82, 2.24) is 4.90 Å². The Hall–Kier alpha value is -1.56. The lowest BCUT2D eigenvalue weighted by molar-refractivity contribution is -0.137. The summed E-state index contributed by atoms with van der Waals surface area (Å²) >= 11 is 3.35. The molecule has 2 amide bonds. The van der Waals surface area contributed by atoms with Crippen LogP contribution in [0.25, 0.3) is 0 Å². The van der Waals surface area contributed by atoms with Gasteiger partial charge in [0.1, 0.15) is 0 Å². The van der Waals surface area contributed by atoms with Gasteiger partial charge >= 0.3 is 12.0 Å². The SMILES string of the molecule is O=C(O)CCC1CCCCN1C(=O)Nc1ccc(Br)cc1. The first kappa shape index (κ1) is 15.8. The number of anilines is 1.